The first-order valence-electron chi connectivity index (χ1n) is 11.5. The molecule has 174 valence electrons. The van der Waals surface area contributed by atoms with Crippen molar-refractivity contribution in [2.75, 3.05) is 13.2 Å². The molecule has 0 fully saturated rings. The topological polar surface area (TPSA) is 43.3 Å². The zero-order chi connectivity index (χ0) is 23.5. The summed E-state index contributed by atoms with van der Waals surface area (Å²) < 4.78 is 18.9. The van der Waals surface area contributed by atoms with Gasteiger partial charge < -0.3 is 14.2 Å². The van der Waals surface area contributed by atoms with Crippen molar-refractivity contribution >= 4 is 21.6 Å². The highest BCUT2D eigenvalue weighted by molar-refractivity contribution is 9.10. The maximum absolute atomic E-state index is 6.48. The second-order valence-electron chi connectivity index (χ2n) is 8.34. The SMILES string of the molecule is C=CCOc1ccc(C2=NN3C(C2)c2cc(Br)ccc2OC3c2ccc(OCCC)cc2)cc1. The fourth-order valence-electron chi connectivity index (χ4n) is 4.30. The van der Waals surface area contributed by atoms with Gasteiger partial charge in [-0.05, 0) is 78.7 Å². The summed E-state index contributed by atoms with van der Waals surface area (Å²) in [6.07, 6.45) is 3.21. The van der Waals surface area contributed by atoms with Crippen molar-refractivity contribution in [3.63, 3.8) is 0 Å². The van der Waals surface area contributed by atoms with Crippen molar-refractivity contribution in [1.82, 2.24) is 5.01 Å². The summed E-state index contributed by atoms with van der Waals surface area (Å²) in [5.41, 5.74) is 4.29. The maximum atomic E-state index is 6.48. The van der Waals surface area contributed by atoms with E-state index in [-0.39, 0.29) is 12.3 Å². The molecular weight excluding hydrogens is 492 g/mol. The third-order valence-corrected chi connectivity index (χ3v) is 6.44. The van der Waals surface area contributed by atoms with Crippen LogP contribution in [-0.4, -0.2) is 23.9 Å². The third-order valence-electron chi connectivity index (χ3n) is 5.95. The molecular formula is C28H27BrN2O3. The lowest BCUT2D eigenvalue weighted by Gasteiger charge is -2.38. The van der Waals surface area contributed by atoms with E-state index in [0.717, 1.165) is 57.0 Å². The number of hydrogen-bond acceptors (Lipinski definition) is 5. The fraction of sp³-hybridized carbons (Fsp3) is 0.250. The van der Waals surface area contributed by atoms with Crippen molar-refractivity contribution in [2.45, 2.75) is 32.0 Å². The first-order valence-corrected chi connectivity index (χ1v) is 12.3. The number of benzene rings is 3. The standard InChI is InChI=1S/C28H27BrN2O3/c1-3-15-32-22-10-5-19(6-11-22)25-18-26-24-17-21(29)9-14-27(24)34-28(31(26)30-25)20-7-12-23(13-8-20)33-16-4-2/h3,5-14,17,26,28H,1,4,15-16,18H2,2H3. The Labute approximate surface area is 208 Å². The summed E-state index contributed by atoms with van der Waals surface area (Å²) >= 11 is 3.62. The van der Waals surface area contributed by atoms with Gasteiger partial charge >= 0.3 is 0 Å². The van der Waals surface area contributed by atoms with E-state index in [1.54, 1.807) is 6.08 Å². The van der Waals surface area contributed by atoms with Crippen molar-refractivity contribution in [1.29, 1.82) is 0 Å². The van der Waals surface area contributed by atoms with E-state index in [2.05, 4.69) is 64.8 Å². The van der Waals surface area contributed by atoms with Gasteiger partial charge in [-0.2, -0.15) is 5.10 Å². The Bertz CT molecular complexity index is 1190. The number of rotatable bonds is 8. The van der Waals surface area contributed by atoms with Gasteiger partial charge in [-0.15, -0.1) is 0 Å². The summed E-state index contributed by atoms with van der Waals surface area (Å²) in [5, 5.41) is 7.14. The highest BCUT2D eigenvalue weighted by atomic mass is 79.9. The van der Waals surface area contributed by atoms with E-state index >= 15 is 0 Å². The molecule has 5 nitrogen and oxygen atoms in total. The minimum atomic E-state index is -0.313. The van der Waals surface area contributed by atoms with E-state index in [4.69, 9.17) is 19.3 Å². The number of fused-ring (bicyclic) bond motifs is 3. The molecule has 3 aromatic carbocycles. The molecule has 2 heterocycles. The molecule has 0 aromatic heterocycles. The van der Waals surface area contributed by atoms with Gasteiger partial charge in [0.05, 0.1) is 18.4 Å². The first kappa shape index (κ1) is 22.5. The Balaban J connectivity index is 1.46. The van der Waals surface area contributed by atoms with Crippen molar-refractivity contribution < 1.29 is 14.2 Å². The Kier molecular flexibility index (Phi) is 6.59. The minimum absolute atomic E-state index is 0.0916. The molecule has 0 radical (unpaired) electrons. The molecule has 2 aliphatic rings. The van der Waals surface area contributed by atoms with E-state index in [1.807, 2.05) is 36.4 Å². The van der Waals surface area contributed by atoms with Gasteiger partial charge in [0.1, 0.15) is 23.9 Å². The summed E-state index contributed by atoms with van der Waals surface area (Å²) in [6, 6.07) is 22.5. The molecule has 0 amide bonds. The van der Waals surface area contributed by atoms with Crippen LogP contribution in [0.5, 0.6) is 17.2 Å². The predicted octanol–water partition coefficient (Wildman–Crippen LogP) is 7.05. The largest absolute Gasteiger partial charge is 0.494 e. The van der Waals surface area contributed by atoms with Crippen LogP contribution in [-0.2, 0) is 0 Å². The van der Waals surface area contributed by atoms with Crippen LogP contribution in [0.3, 0.4) is 0 Å². The van der Waals surface area contributed by atoms with Gasteiger partial charge in [0.2, 0.25) is 6.23 Å². The Morgan fingerprint density at radius 1 is 1.06 bits per heavy atom. The zero-order valence-electron chi connectivity index (χ0n) is 19.1. The molecule has 0 aliphatic carbocycles. The quantitative estimate of drug-likeness (QED) is 0.300. The lowest BCUT2D eigenvalue weighted by atomic mass is 9.96. The number of ether oxygens (including phenoxy) is 3. The van der Waals surface area contributed by atoms with Gasteiger partial charge in [-0.3, -0.25) is 0 Å². The van der Waals surface area contributed by atoms with Gasteiger partial charge in [0.15, 0.2) is 0 Å². The molecule has 34 heavy (non-hydrogen) atoms. The van der Waals surface area contributed by atoms with Crippen LogP contribution in [0.1, 0.15) is 48.7 Å². The van der Waals surface area contributed by atoms with Crippen molar-refractivity contribution in [2.24, 2.45) is 5.10 Å². The van der Waals surface area contributed by atoms with E-state index in [1.165, 1.54) is 0 Å². The minimum Gasteiger partial charge on any atom is -0.494 e. The van der Waals surface area contributed by atoms with Crippen molar-refractivity contribution in [3.05, 3.63) is 101 Å². The highest BCUT2D eigenvalue weighted by Gasteiger charge is 2.41. The molecule has 2 aliphatic heterocycles. The number of hydrogen-bond donors (Lipinski definition) is 0. The highest BCUT2D eigenvalue weighted by Crippen LogP contribution is 2.48. The van der Waals surface area contributed by atoms with Crippen LogP contribution in [0.25, 0.3) is 0 Å². The summed E-state index contributed by atoms with van der Waals surface area (Å²) in [7, 11) is 0. The van der Waals surface area contributed by atoms with Crippen LogP contribution in [0, 0.1) is 0 Å². The molecule has 2 atom stereocenters. The third kappa shape index (κ3) is 4.55. The molecule has 5 rings (SSSR count). The average Bonchev–Trinajstić information content (AvgIpc) is 3.32. The Hall–Kier alpha value is -3.25. The van der Waals surface area contributed by atoms with Crippen LogP contribution in [0.15, 0.2) is 89.0 Å². The molecule has 0 saturated heterocycles. The molecule has 0 bridgehead atoms. The van der Waals surface area contributed by atoms with Crippen LogP contribution >= 0.6 is 15.9 Å². The summed E-state index contributed by atoms with van der Waals surface area (Å²) in [4.78, 5) is 0. The first-order chi connectivity index (χ1) is 16.7. The number of halogens is 1. The number of hydrazone groups is 1. The Morgan fingerprint density at radius 2 is 1.79 bits per heavy atom. The Morgan fingerprint density at radius 3 is 2.53 bits per heavy atom. The van der Waals surface area contributed by atoms with Crippen LogP contribution in [0.4, 0.5) is 0 Å². The lowest BCUT2D eigenvalue weighted by Crippen LogP contribution is -2.33. The second-order valence-corrected chi connectivity index (χ2v) is 9.26. The van der Waals surface area contributed by atoms with Gasteiger partial charge in [0.25, 0.3) is 0 Å². The molecule has 6 heteroatoms. The summed E-state index contributed by atoms with van der Waals surface area (Å²) in [6.45, 7) is 7.00. The van der Waals surface area contributed by atoms with E-state index in [0.29, 0.717) is 13.2 Å². The fourth-order valence-corrected chi connectivity index (χ4v) is 4.68. The van der Waals surface area contributed by atoms with E-state index < -0.39 is 0 Å². The smallest absolute Gasteiger partial charge is 0.213 e. The second kappa shape index (κ2) is 9.94. The van der Waals surface area contributed by atoms with E-state index in [9.17, 15) is 0 Å². The zero-order valence-corrected chi connectivity index (χ0v) is 20.7. The van der Waals surface area contributed by atoms with Crippen LogP contribution < -0.4 is 14.2 Å². The number of nitrogens with zero attached hydrogens (tertiary/aromatic N) is 2. The molecule has 0 spiro atoms. The van der Waals surface area contributed by atoms with Crippen molar-refractivity contribution in [3.8, 4) is 17.2 Å². The normalized spacial score (nSPS) is 18.4. The summed E-state index contributed by atoms with van der Waals surface area (Å²) in [5.74, 6) is 2.58. The average molecular weight is 519 g/mol. The molecule has 0 saturated carbocycles. The lowest BCUT2D eigenvalue weighted by molar-refractivity contribution is -0.0191. The maximum Gasteiger partial charge on any atom is 0.213 e. The van der Waals surface area contributed by atoms with Crippen LogP contribution in [0.2, 0.25) is 0 Å². The molecule has 3 aromatic rings. The molecule has 0 N–H and O–H groups in total. The van der Waals surface area contributed by atoms with Gasteiger partial charge in [0, 0.05) is 22.0 Å². The predicted molar refractivity (Wildman–Crippen MR) is 138 cm³/mol. The molecule has 2 unspecified atom stereocenters. The van der Waals surface area contributed by atoms with Gasteiger partial charge in [-0.25, -0.2) is 5.01 Å². The monoisotopic (exact) mass is 518 g/mol. The van der Waals surface area contributed by atoms with Gasteiger partial charge in [-0.1, -0.05) is 35.5 Å².